The highest BCUT2D eigenvalue weighted by Crippen LogP contribution is 2.16. The van der Waals surface area contributed by atoms with Crippen molar-refractivity contribution >= 4 is 15.7 Å². The summed E-state index contributed by atoms with van der Waals surface area (Å²) in [5.41, 5.74) is 7.09. The average molecular weight is 281 g/mol. The molecule has 1 aromatic rings. The maximum Gasteiger partial charge on any atom is 0.230 e. The van der Waals surface area contributed by atoms with Gasteiger partial charge in [-0.25, -0.2) is 8.42 Å². The average Bonchev–Trinajstić information content (AvgIpc) is 2.37. The van der Waals surface area contributed by atoms with E-state index in [1.165, 1.54) is 4.31 Å². The summed E-state index contributed by atoms with van der Waals surface area (Å²) in [5, 5.41) is 7.95. The summed E-state index contributed by atoms with van der Waals surface area (Å²) in [7, 11) is -3.59. The van der Waals surface area contributed by atoms with Crippen LogP contribution in [-0.4, -0.2) is 24.5 Å². The SMILES string of the molecule is CCC(C#N)S(=O)(=O)N(CC)Cc1cccc(N)c1. The van der Waals surface area contributed by atoms with Crippen LogP contribution >= 0.6 is 0 Å². The first-order chi connectivity index (χ1) is 8.95. The van der Waals surface area contributed by atoms with Crippen LogP contribution in [0, 0.1) is 11.3 Å². The highest BCUT2D eigenvalue weighted by atomic mass is 32.2. The van der Waals surface area contributed by atoms with Gasteiger partial charge in [-0.3, -0.25) is 0 Å². The van der Waals surface area contributed by atoms with Gasteiger partial charge >= 0.3 is 0 Å². The summed E-state index contributed by atoms with van der Waals surface area (Å²) in [6.07, 6.45) is 0.284. The van der Waals surface area contributed by atoms with Crippen molar-refractivity contribution in [1.29, 1.82) is 5.26 Å². The summed E-state index contributed by atoms with van der Waals surface area (Å²) in [6, 6.07) is 8.95. The number of anilines is 1. The Morgan fingerprint density at radius 2 is 2.11 bits per heavy atom. The fourth-order valence-electron chi connectivity index (χ4n) is 1.83. The first-order valence-electron chi connectivity index (χ1n) is 6.18. The van der Waals surface area contributed by atoms with E-state index >= 15 is 0 Å². The lowest BCUT2D eigenvalue weighted by molar-refractivity contribution is 0.418. The summed E-state index contributed by atoms with van der Waals surface area (Å²) in [4.78, 5) is 0. The fraction of sp³-hybridized carbons (Fsp3) is 0.462. The van der Waals surface area contributed by atoms with Gasteiger partial charge in [0, 0.05) is 18.8 Å². The molecule has 1 rings (SSSR count). The van der Waals surface area contributed by atoms with Gasteiger partial charge in [-0.2, -0.15) is 9.57 Å². The molecule has 104 valence electrons. The van der Waals surface area contributed by atoms with E-state index in [1.807, 2.05) is 12.1 Å². The van der Waals surface area contributed by atoms with Crippen molar-refractivity contribution in [1.82, 2.24) is 4.31 Å². The van der Waals surface area contributed by atoms with Crippen LogP contribution in [0.3, 0.4) is 0 Å². The van der Waals surface area contributed by atoms with E-state index in [0.717, 1.165) is 5.56 Å². The Bertz CT molecular complexity index is 563. The lowest BCUT2D eigenvalue weighted by Crippen LogP contribution is -2.37. The lowest BCUT2D eigenvalue weighted by Gasteiger charge is -2.22. The van der Waals surface area contributed by atoms with Gasteiger partial charge in [0.05, 0.1) is 6.07 Å². The highest BCUT2D eigenvalue weighted by Gasteiger charge is 2.29. The third-order valence-electron chi connectivity index (χ3n) is 2.90. The molecule has 0 radical (unpaired) electrons. The molecule has 0 heterocycles. The van der Waals surface area contributed by atoms with Crippen LogP contribution in [0.25, 0.3) is 0 Å². The number of benzene rings is 1. The second-order valence-corrected chi connectivity index (χ2v) is 6.36. The molecule has 0 aliphatic carbocycles. The minimum Gasteiger partial charge on any atom is -0.399 e. The maximum absolute atomic E-state index is 12.3. The van der Waals surface area contributed by atoms with Crippen LogP contribution in [0.15, 0.2) is 24.3 Å². The molecule has 5 nitrogen and oxygen atoms in total. The molecule has 1 aromatic carbocycles. The molecule has 19 heavy (non-hydrogen) atoms. The number of rotatable bonds is 6. The Hall–Kier alpha value is -1.58. The second-order valence-electron chi connectivity index (χ2n) is 4.24. The highest BCUT2D eigenvalue weighted by molar-refractivity contribution is 7.89. The Kier molecular flexibility index (Phi) is 5.33. The van der Waals surface area contributed by atoms with E-state index < -0.39 is 15.3 Å². The predicted molar refractivity (Wildman–Crippen MR) is 75.6 cm³/mol. The summed E-state index contributed by atoms with van der Waals surface area (Å²) in [6.45, 7) is 4.02. The fourth-order valence-corrected chi connectivity index (χ4v) is 3.43. The zero-order chi connectivity index (χ0) is 14.5. The summed E-state index contributed by atoms with van der Waals surface area (Å²) < 4.78 is 25.9. The quantitative estimate of drug-likeness (QED) is 0.804. The number of hydrogen-bond donors (Lipinski definition) is 1. The number of nitrogen functional groups attached to an aromatic ring is 1. The molecule has 0 spiro atoms. The van der Waals surface area contributed by atoms with Crippen LogP contribution < -0.4 is 5.73 Å². The van der Waals surface area contributed by atoms with Crippen LogP contribution in [0.1, 0.15) is 25.8 Å². The van der Waals surface area contributed by atoms with Crippen molar-refractivity contribution in [2.45, 2.75) is 32.1 Å². The minimum atomic E-state index is -3.59. The van der Waals surface area contributed by atoms with Crippen LogP contribution in [0.5, 0.6) is 0 Å². The van der Waals surface area contributed by atoms with Gasteiger partial charge in [0.25, 0.3) is 0 Å². The van der Waals surface area contributed by atoms with Crippen molar-refractivity contribution < 1.29 is 8.42 Å². The molecular formula is C13H19N3O2S. The van der Waals surface area contributed by atoms with E-state index in [4.69, 9.17) is 11.0 Å². The molecule has 1 atom stereocenters. The van der Waals surface area contributed by atoms with Crippen molar-refractivity contribution in [2.24, 2.45) is 0 Å². The molecular weight excluding hydrogens is 262 g/mol. The standard InChI is InChI=1S/C13H19N3O2S/c1-3-13(9-14)19(17,18)16(4-2)10-11-6-5-7-12(15)8-11/h5-8,13H,3-4,10,15H2,1-2H3. The third kappa shape index (κ3) is 3.69. The van der Waals surface area contributed by atoms with Crippen molar-refractivity contribution in [3.63, 3.8) is 0 Å². The van der Waals surface area contributed by atoms with Gasteiger partial charge in [0.1, 0.15) is 0 Å². The van der Waals surface area contributed by atoms with Gasteiger partial charge in [-0.1, -0.05) is 26.0 Å². The number of nitrogens with two attached hydrogens (primary N) is 1. The van der Waals surface area contributed by atoms with Gasteiger partial charge < -0.3 is 5.73 Å². The number of hydrogen-bond acceptors (Lipinski definition) is 4. The third-order valence-corrected chi connectivity index (χ3v) is 5.16. The van der Waals surface area contributed by atoms with Gasteiger partial charge in [-0.05, 0) is 24.1 Å². The first kappa shape index (κ1) is 15.5. The van der Waals surface area contributed by atoms with Crippen LogP contribution in [0.2, 0.25) is 0 Å². The minimum absolute atomic E-state index is 0.238. The van der Waals surface area contributed by atoms with Gasteiger partial charge in [0.2, 0.25) is 10.0 Å². The lowest BCUT2D eigenvalue weighted by atomic mass is 10.2. The largest absolute Gasteiger partial charge is 0.399 e. The number of nitrogens with zero attached hydrogens (tertiary/aromatic N) is 2. The molecule has 2 N–H and O–H groups in total. The summed E-state index contributed by atoms with van der Waals surface area (Å²) >= 11 is 0. The topological polar surface area (TPSA) is 87.2 Å². The van der Waals surface area contributed by atoms with E-state index in [-0.39, 0.29) is 13.0 Å². The Balaban J connectivity index is 2.99. The predicted octanol–water partition coefficient (Wildman–Crippen LogP) is 1.72. The van der Waals surface area contributed by atoms with Gasteiger partial charge in [-0.15, -0.1) is 0 Å². The number of nitriles is 1. The maximum atomic E-state index is 12.3. The van der Waals surface area contributed by atoms with Crippen molar-refractivity contribution in [2.75, 3.05) is 12.3 Å². The van der Waals surface area contributed by atoms with Crippen LogP contribution in [0.4, 0.5) is 5.69 Å². The molecule has 0 fully saturated rings. The van der Waals surface area contributed by atoms with Crippen molar-refractivity contribution in [3.8, 4) is 6.07 Å². The van der Waals surface area contributed by atoms with E-state index in [2.05, 4.69) is 0 Å². The first-order valence-corrected chi connectivity index (χ1v) is 7.69. The smallest absolute Gasteiger partial charge is 0.230 e. The molecule has 0 aliphatic heterocycles. The van der Waals surface area contributed by atoms with E-state index in [0.29, 0.717) is 12.2 Å². The Morgan fingerprint density at radius 3 is 2.58 bits per heavy atom. The summed E-state index contributed by atoms with van der Waals surface area (Å²) in [5.74, 6) is 0. The van der Waals surface area contributed by atoms with E-state index in [9.17, 15) is 8.42 Å². The van der Waals surface area contributed by atoms with E-state index in [1.54, 1.807) is 32.0 Å². The Labute approximate surface area is 114 Å². The molecule has 0 amide bonds. The molecule has 0 saturated heterocycles. The molecule has 0 saturated carbocycles. The molecule has 6 heteroatoms. The normalized spacial score (nSPS) is 13.2. The molecule has 1 unspecified atom stereocenters. The second kappa shape index (κ2) is 6.55. The molecule has 0 bridgehead atoms. The van der Waals surface area contributed by atoms with Crippen LogP contribution in [-0.2, 0) is 16.6 Å². The molecule has 0 aromatic heterocycles. The zero-order valence-corrected chi connectivity index (χ0v) is 12.0. The zero-order valence-electron chi connectivity index (χ0n) is 11.2. The van der Waals surface area contributed by atoms with Gasteiger partial charge in [0.15, 0.2) is 5.25 Å². The monoisotopic (exact) mass is 281 g/mol. The van der Waals surface area contributed by atoms with Crippen molar-refractivity contribution in [3.05, 3.63) is 29.8 Å². The molecule has 0 aliphatic rings. The Morgan fingerprint density at radius 1 is 1.42 bits per heavy atom. The number of sulfonamides is 1.